The Bertz CT molecular complexity index is 890. The first-order valence-electron chi connectivity index (χ1n) is 7.49. The molecule has 0 aliphatic heterocycles. The van der Waals surface area contributed by atoms with E-state index in [1.54, 1.807) is 6.07 Å². The zero-order valence-corrected chi connectivity index (χ0v) is 13.9. The summed E-state index contributed by atoms with van der Waals surface area (Å²) < 4.78 is 0. The molecule has 3 rings (SSSR count). The Labute approximate surface area is 144 Å². The maximum absolute atomic E-state index is 11.9. The van der Waals surface area contributed by atoms with E-state index < -0.39 is 0 Å². The van der Waals surface area contributed by atoms with E-state index in [1.165, 1.54) is 0 Å². The number of anilines is 2. The van der Waals surface area contributed by atoms with E-state index in [4.69, 9.17) is 9.90 Å². The largest absolute Gasteiger partial charge is 0.483 e. The number of aryl methyl sites for hydroxylation is 2. The number of H-pyrrole nitrogens is 1. The number of carbonyl (C=O) groups is 1. The van der Waals surface area contributed by atoms with Gasteiger partial charge in [-0.05, 0) is 37.6 Å². The van der Waals surface area contributed by atoms with E-state index in [-0.39, 0.29) is 12.0 Å². The summed E-state index contributed by atoms with van der Waals surface area (Å²) >= 11 is 0. The third-order valence-electron chi connectivity index (χ3n) is 3.49. The van der Waals surface area contributed by atoms with Crippen molar-refractivity contribution in [2.45, 2.75) is 13.8 Å². The quantitative estimate of drug-likeness (QED) is 0.634. The minimum Gasteiger partial charge on any atom is -0.483 e. The number of hydrogen-bond acceptors (Lipinski definition) is 5. The lowest BCUT2D eigenvalue weighted by Crippen LogP contribution is -2.14. The van der Waals surface area contributed by atoms with Crippen LogP contribution in [0.15, 0.2) is 53.3 Å². The molecular formula is C18H18N4O3. The second-order valence-electron chi connectivity index (χ2n) is 5.22. The van der Waals surface area contributed by atoms with Gasteiger partial charge in [-0.3, -0.25) is 9.59 Å². The summed E-state index contributed by atoms with van der Waals surface area (Å²) in [5.74, 6) is 0.536. The normalized spacial score (nSPS) is 9.68. The van der Waals surface area contributed by atoms with Crippen LogP contribution >= 0.6 is 0 Å². The zero-order chi connectivity index (χ0) is 18.2. The van der Waals surface area contributed by atoms with Crippen LogP contribution in [-0.4, -0.2) is 26.8 Å². The number of hydrogen-bond donors (Lipinski definition) is 3. The van der Waals surface area contributed by atoms with Gasteiger partial charge in [-0.1, -0.05) is 30.3 Å². The molecule has 128 valence electrons. The van der Waals surface area contributed by atoms with Crippen molar-refractivity contribution in [2.24, 2.45) is 0 Å². The molecule has 2 aromatic heterocycles. The lowest BCUT2D eigenvalue weighted by molar-refractivity contribution is -0.122. The predicted molar refractivity (Wildman–Crippen MR) is 96.0 cm³/mol. The smallest absolute Gasteiger partial charge is 0.290 e. The van der Waals surface area contributed by atoms with Gasteiger partial charge in [0.05, 0.1) is 5.69 Å². The van der Waals surface area contributed by atoms with Gasteiger partial charge in [0, 0.05) is 11.3 Å². The van der Waals surface area contributed by atoms with Gasteiger partial charge < -0.3 is 15.4 Å². The van der Waals surface area contributed by atoms with Crippen LogP contribution in [0.25, 0.3) is 11.3 Å². The van der Waals surface area contributed by atoms with Crippen molar-refractivity contribution in [3.63, 3.8) is 0 Å². The SMILES string of the molecule is Cc1cc(Nc2ccc(-c3ccccc3)nn2)c(=O)[nH]c1C.O=CO. The van der Waals surface area contributed by atoms with E-state index in [1.807, 2.05) is 56.3 Å². The molecule has 3 N–H and O–H groups in total. The number of aromatic nitrogens is 3. The number of nitrogens with one attached hydrogen (secondary N) is 2. The van der Waals surface area contributed by atoms with Crippen molar-refractivity contribution in [2.75, 3.05) is 5.32 Å². The van der Waals surface area contributed by atoms with E-state index >= 15 is 0 Å². The fraction of sp³-hybridized carbons (Fsp3) is 0.111. The molecule has 0 saturated carbocycles. The number of rotatable bonds is 3. The van der Waals surface area contributed by atoms with Gasteiger partial charge in [-0.25, -0.2) is 0 Å². The number of pyridine rings is 1. The monoisotopic (exact) mass is 338 g/mol. The molecule has 3 aromatic rings. The molecule has 25 heavy (non-hydrogen) atoms. The second-order valence-corrected chi connectivity index (χ2v) is 5.22. The van der Waals surface area contributed by atoms with Gasteiger partial charge in [0.1, 0.15) is 5.69 Å². The highest BCUT2D eigenvalue weighted by Gasteiger charge is 2.05. The average Bonchev–Trinajstić information content (AvgIpc) is 2.62. The lowest BCUT2D eigenvalue weighted by atomic mass is 10.1. The standard InChI is InChI=1S/C17H16N4O.CH2O2/c1-11-10-15(17(22)18-12(11)2)19-16-9-8-14(20-21-16)13-6-4-3-5-7-13;2-1-3/h3-10H,1-2H3,(H,18,22)(H,19,21);1H,(H,2,3). The summed E-state index contributed by atoms with van der Waals surface area (Å²) in [4.78, 5) is 23.1. The van der Waals surface area contributed by atoms with Crippen LogP contribution in [0.2, 0.25) is 0 Å². The molecule has 7 nitrogen and oxygen atoms in total. The molecule has 0 aliphatic carbocycles. The predicted octanol–water partition coefficient (Wildman–Crippen LogP) is 2.89. The minimum absolute atomic E-state index is 0.169. The van der Waals surface area contributed by atoms with Crippen LogP contribution in [0, 0.1) is 13.8 Å². The Kier molecular flexibility index (Phi) is 6.00. The van der Waals surface area contributed by atoms with Crippen molar-refractivity contribution < 1.29 is 9.90 Å². The summed E-state index contributed by atoms with van der Waals surface area (Å²) in [6, 6.07) is 15.3. The molecule has 0 atom stereocenters. The Morgan fingerprint density at radius 2 is 1.76 bits per heavy atom. The van der Waals surface area contributed by atoms with Gasteiger partial charge in [0.15, 0.2) is 5.82 Å². The zero-order valence-electron chi connectivity index (χ0n) is 13.9. The fourth-order valence-corrected chi connectivity index (χ4v) is 2.12. The highest BCUT2D eigenvalue weighted by molar-refractivity contribution is 5.61. The molecule has 0 spiro atoms. The number of benzene rings is 1. The maximum Gasteiger partial charge on any atom is 0.290 e. The molecular weight excluding hydrogens is 320 g/mol. The van der Waals surface area contributed by atoms with E-state index in [2.05, 4.69) is 20.5 Å². The van der Waals surface area contributed by atoms with Gasteiger partial charge in [0.25, 0.3) is 12.0 Å². The van der Waals surface area contributed by atoms with Crippen LogP contribution in [0.4, 0.5) is 11.5 Å². The van der Waals surface area contributed by atoms with Gasteiger partial charge in [0.2, 0.25) is 0 Å². The summed E-state index contributed by atoms with van der Waals surface area (Å²) in [5, 5.41) is 18.2. The van der Waals surface area contributed by atoms with Crippen molar-refractivity contribution >= 4 is 18.0 Å². The average molecular weight is 338 g/mol. The minimum atomic E-state index is -0.250. The third-order valence-corrected chi connectivity index (χ3v) is 3.49. The molecule has 2 heterocycles. The number of carboxylic acid groups (broad SMARTS) is 1. The molecule has 0 aliphatic rings. The Hall–Kier alpha value is -3.48. The van der Waals surface area contributed by atoms with E-state index in [0.29, 0.717) is 11.5 Å². The van der Waals surface area contributed by atoms with Gasteiger partial charge in [-0.15, -0.1) is 10.2 Å². The van der Waals surface area contributed by atoms with Crippen LogP contribution < -0.4 is 10.9 Å². The summed E-state index contributed by atoms with van der Waals surface area (Å²) in [6.07, 6.45) is 0. The summed E-state index contributed by atoms with van der Waals surface area (Å²) in [5.41, 5.74) is 3.96. The molecule has 7 heteroatoms. The van der Waals surface area contributed by atoms with E-state index in [9.17, 15) is 4.79 Å². The van der Waals surface area contributed by atoms with Crippen molar-refractivity contribution in [3.05, 3.63) is 70.1 Å². The Morgan fingerprint density at radius 3 is 2.36 bits per heavy atom. The van der Waals surface area contributed by atoms with Crippen molar-refractivity contribution in [1.82, 2.24) is 15.2 Å². The topological polar surface area (TPSA) is 108 Å². The summed E-state index contributed by atoms with van der Waals surface area (Å²) in [6.45, 7) is 3.57. The summed E-state index contributed by atoms with van der Waals surface area (Å²) in [7, 11) is 0. The first kappa shape index (κ1) is 17.9. The molecule has 0 unspecified atom stereocenters. The van der Waals surface area contributed by atoms with Crippen LogP contribution in [-0.2, 0) is 4.79 Å². The van der Waals surface area contributed by atoms with Crippen molar-refractivity contribution in [1.29, 1.82) is 0 Å². The molecule has 0 bridgehead atoms. The molecule has 0 saturated heterocycles. The molecule has 1 aromatic carbocycles. The first-order valence-corrected chi connectivity index (χ1v) is 7.49. The Balaban J connectivity index is 0.000000701. The van der Waals surface area contributed by atoms with Crippen LogP contribution in [0.5, 0.6) is 0 Å². The van der Waals surface area contributed by atoms with E-state index in [0.717, 1.165) is 22.5 Å². The maximum atomic E-state index is 11.9. The van der Waals surface area contributed by atoms with Crippen LogP contribution in [0.3, 0.4) is 0 Å². The highest BCUT2D eigenvalue weighted by atomic mass is 16.3. The Morgan fingerprint density at radius 1 is 1.08 bits per heavy atom. The first-order chi connectivity index (χ1) is 12.0. The number of aromatic amines is 1. The molecule has 0 fully saturated rings. The number of nitrogens with zero attached hydrogens (tertiary/aromatic N) is 2. The van der Waals surface area contributed by atoms with Gasteiger partial charge >= 0.3 is 0 Å². The molecule has 0 amide bonds. The lowest BCUT2D eigenvalue weighted by Gasteiger charge is -2.07. The second kappa shape index (κ2) is 8.39. The highest BCUT2D eigenvalue weighted by Crippen LogP contribution is 2.18. The van der Waals surface area contributed by atoms with Crippen molar-refractivity contribution in [3.8, 4) is 11.3 Å². The molecule has 0 radical (unpaired) electrons. The van der Waals surface area contributed by atoms with Gasteiger partial charge in [-0.2, -0.15) is 0 Å². The van der Waals surface area contributed by atoms with Crippen LogP contribution in [0.1, 0.15) is 11.3 Å². The fourth-order valence-electron chi connectivity index (χ4n) is 2.12. The third kappa shape index (κ3) is 4.74.